The van der Waals surface area contributed by atoms with Crippen molar-refractivity contribution in [2.75, 3.05) is 0 Å². The summed E-state index contributed by atoms with van der Waals surface area (Å²) < 4.78 is 0. The predicted molar refractivity (Wildman–Crippen MR) is 27.2 cm³/mol. The Hall–Kier alpha value is -1.19. The van der Waals surface area contributed by atoms with E-state index in [1.807, 2.05) is 0 Å². The standard InChI is InChI=1S/C4H5NO3/c1-3(2-5-8)4(6)7/h2H,1H3,(H,6,7)/b3-2-. The Bertz CT molecular complexity index is 138. The number of hydrogen-bond donors (Lipinski definition) is 1. The van der Waals surface area contributed by atoms with Crippen molar-refractivity contribution in [1.82, 2.24) is 0 Å². The van der Waals surface area contributed by atoms with Gasteiger partial charge in [0, 0.05) is 0 Å². The van der Waals surface area contributed by atoms with E-state index in [0.29, 0.717) is 0 Å². The van der Waals surface area contributed by atoms with Crippen molar-refractivity contribution in [2.45, 2.75) is 6.92 Å². The van der Waals surface area contributed by atoms with Gasteiger partial charge >= 0.3 is 5.97 Å². The third kappa shape index (κ3) is 2.07. The first-order chi connectivity index (χ1) is 3.68. The van der Waals surface area contributed by atoms with E-state index in [0.717, 1.165) is 6.20 Å². The number of aliphatic carboxylic acids is 1. The molecule has 0 amide bonds. The van der Waals surface area contributed by atoms with E-state index in [2.05, 4.69) is 5.18 Å². The number of rotatable bonds is 2. The molecule has 1 N–H and O–H groups in total. The zero-order chi connectivity index (χ0) is 6.57. The smallest absolute Gasteiger partial charge is 0.332 e. The van der Waals surface area contributed by atoms with Crippen LogP contribution in [0.5, 0.6) is 0 Å². The lowest BCUT2D eigenvalue weighted by molar-refractivity contribution is -0.132. The molecule has 0 unspecified atom stereocenters. The minimum absolute atomic E-state index is 0.0556. The van der Waals surface area contributed by atoms with Gasteiger partial charge in [-0.15, -0.1) is 4.91 Å². The largest absolute Gasteiger partial charge is 0.478 e. The van der Waals surface area contributed by atoms with Crippen LogP contribution in [-0.2, 0) is 4.79 Å². The third-order valence-electron chi connectivity index (χ3n) is 0.584. The van der Waals surface area contributed by atoms with Gasteiger partial charge in [-0.25, -0.2) is 4.79 Å². The normalized spacial score (nSPS) is 10.9. The average molecular weight is 115 g/mol. The van der Waals surface area contributed by atoms with Gasteiger partial charge in [-0.1, -0.05) is 0 Å². The summed E-state index contributed by atoms with van der Waals surface area (Å²) in [7, 11) is 0. The first-order valence-electron chi connectivity index (χ1n) is 1.91. The summed E-state index contributed by atoms with van der Waals surface area (Å²) in [4.78, 5) is 19.2. The van der Waals surface area contributed by atoms with Gasteiger partial charge in [-0.3, -0.25) is 0 Å². The molecule has 0 radical (unpaired) electrons. The van der Waals surface area contributed by atoms with Crippen molar-refractivity contribution < 1.29 is 9.90 Å². The second-order valence-electron chi connectivity index (χ2n) is 1.22. The Balaban J connectivity index is 3.99. The molecule has 0 spiro atoms. The van der Waals surface area contributed by atoms with Gasteiger partial charge in [0.05, 0.1) is 11.8 Å². The van der Waals surface area contributed by atoms with Gasteiger partial charge in [0.2, 0.25) is 0 Å². The van der Waals surface area contributed by atoms with Crippen LogP contribution in [-0.4, -0.2) is 11.1 Å². The molecule has 0 aromatic heterocycles. The Morgan fingerprint density at radius 1 is 1.75 bits per heavy atom. The van der Waals surface area contributed by atoms with Gasteiger partial charge in [-0.05, 0) is 12.1 Å². The minimum Gasteiger partial charge on any atom is -0.478 e. The molecule has 44 valence electrons. The summed E-state index contributed by atoms with van der Waals surface area (Å²) in [6.07, 6.45) is 0.752. The van der Waals surface area contributed by atoms with E-state index in [4.69, 9.17) is 5.11 Å². The summed E-state index contributed by atoms with van der Waals surface area (Å²) >= 11 is 0. The molecule has 0 saturated heterocycles. The maximum Gasteiger partial charge on any atom is 0.332 e. The number of carboxylic acid groups (broad SMARTS) is 1. The molecule has 8 heavy (non-hydrogen) atoms. The quantitative estimate of drug-likeness (QED) is 0.426. The second kappa shape index (κ2) is 2.90. The van der Waals surface area contributed by atoms with E-state index in [1.165, 1.54) is 6.92 Å². The Morgan fingerprint density at radius 2 is 2.25 bits per heavy atom. The van der Waals surface area contributed by atoms with E-state index < -0.39 is 5.97 Å². The van der Waals surface area contributed by atoms with Crippen LogP contribution in [0.15, 0.2) is 16.9 Å². The molecule has 4 nitrogen and oxygen atoms in total. The van der Waals surface area contributed by atoms with Crippen LogP contribution in [0, 0.1) is 4.91 Å². The summed E-state index contributed by atoms with van der Waals surface area (Å²) in [6, 6.07) is 0. The highest BCUT2D eigenvalue weighted by atomic mass is 16.4. The minimum atomic E-state index is -1.12. The average Bonchev–Trinajstić information content (AvgIpc) is 1.67. The van der Waals surface area contributed by atoms with Crippen molar-refractivity contribution >= 4 is 5.97 Å². The number of nitrogens with zero attached hydrogens (tertiary/aromatic N) is 1. The molecular formula is C4H5NO3. The van der Waals surface area contributed by atoms with Crippen LogP contribution in [0.4, 0.5) is 0 Å². The zero-order valence-electron chi connectivity index (χ0n) is 4.29. The van der Waals surface area contributed by atoms with Gasteiger partial charge in [0.25, 0.3) is 0 Å². The number of hydrogen-bond acceptors (Lipinski definition) is 3. The molecule has 4 heteroatoms. The lowest BCUT2D eigenvalue weighted by Gasteiger charge is -1.82. The first kappa shape index (κ1) is 6.81. The lowest BCUT2D eigenvalue weighted by Crippen LogP contribution is -1.94. The Morgan fingerprint density at radius 3 is 2.38 bits per heavy atom. The van der Waals surface area contributed by atoms with Crippen LogP contribution in [0.2, 0.25) is 0 Å². The van der Waals surface area contributed by atoms with Crippen LogP contribution in [0.1, 0.15) is 6.92 Å². The summed E-state index contributed by atoms with van der Waals surface area (Å²) in [6.45, 7) is 1.30. The molecule has 0 aliphatic rings. The van der Waals surface area contributed by atoms with E-state index >= 15 is 0 Å². The highest BCUT2D eigenvalue weighted by Crippen LogP contribution is 1.89. The van der Waals surface area contributed by atoms with Gasteiger partial charge in [0.15, 0.2) is 0 Å². The van der Waals surface area contributed by atoms with Gasteiger partial charge in [0.1, 0.15) is 0 Å². The molecule has 0 aliphatic carbocycles. The molecule has 0 atom stereocenters. The van der Waals surface area contributed by atoms with E-state index in [1.54, 1.807) is 0 Å². The van der Waals surface area contributed by atoms with Crippen LogP contribution in [0.3, 0.4) is 0 Å². The molecular weight excluding hydrogens is 110 g/mol. The van der Waals surface area contributed by atoms with Crippen molar-refractivity contribution in [3.63, 3.8) is 0 Å². The van der Waals surface area contributed by atoms with Gasteiger partial charge < -0.3 is 5.11 Å². The fourth-order valence-electron chi connectivity index (χ4n) is 0.134. The third-order valence-corrected chi connectivity index (χ3v) is 0.584. The summed E-state index contributed by atoms with van der Waals surface area (Å²) in [5.74, 6) is -1.12. The first-order valence-corrected chi connectivity index (χ1v) is 1.91. The summed E-state index contributed by atoms with van der Waals surface area (Å²) in [5.41, 5.74) is -0.0556. The van der Waals surface area contributed by atoms with Crippen molar-refractivity contribution in [3.05, 3.63) is 16.7 Å². The molecule has 0 saturated carbocycles. The fraction of sp³-hybridized carbons (Fsp3) is 0.250. The molecule has 0 aromatic rings. The topological polar surface area (TPSA) is 66.7 Å². The summed E-state index contributed by atoms with van der Waals surface area (Å²) in [5, 5.41) is 10.3. The van der Waals surface area contributed by atoms with Crippen molar-refractivity contribution in [2.24, 2.45) is 5.18 Å². The number of carboxylic acids is 1. The Labute approximate surface area is 45.8 Å². The Kier molecular flexibility index (Phi) is 2.47. The second-order valence-corrected chi connectivity index (χ2v) is 1.22. The van der Waals surface area contributed by atoms with Crippen LogP contribution >= 0.6 is 0 Å². The van der Waals surface area contributed by atoms with Crippen LogP contribution < -0.4 is 0 Å². The monoisotopic (exact) mass is 115 g/mol. The van der Waals surface area contributed by atoms with Crippen molar-refractivity contribution in [1.29, 1.82) is 0 Å². The molecule has 0 rings (SSSR count). The van der Waals surface area contributed by atoms with Crippen molar-refractivity contribution in [3.8, 4) is 0 Å². The maximum absolute atomic E-state index is 9.82. The molecule has 0 heterocycles. The molecule has 0 aromatic carbocycles. The SMILES string of the molecule is C/C(=C/N=O)C(=O)O. The highest BCUT2D eigenvalue weighted by Gasteiger charge is 1.96. The molecule has 0 fully saturated rings. The van der Waals surface area contributed by atoms with Crippen LogP contribution in [0.25, 0.3) is 0 Å². The number of carbonyl (C=O) groups is 1. The van der Waals surface area contributed by atoms with E-state index in [-0.39, 0.29) is 5.57 Å². The number of nitroso groups, excluding NO2 is 1. The lowest BCUT2D eigenvalue weighted by atomic mass is 10.3. The van der Waals surface area contributed by atoms with E-state index in [9.17, 15) is 9.70 Å². The zero-order valence-corrected chi connectivity index (χ0v) is 4.29. The molecule has 0 aliphatic heterocycles. The fourth-order valence-corrected chi connectivity index (χ4v) is 0.134. The van der Waals surface area contributed by atoms with Gasteiger partial charge in [-0.2, -0.15) is 0 Å². The maximum atomic E-state index is 9.82. The predicted octanol–water partition coefficient (Wildman–Crippen LogP) is 0.741. The highest BCUT2D eigenvalue weighted by molar-refractivity contribution is 5.85. The molecule has 0 bridgehead atoms.